The summed E-state index contributed by atoms with van der Waals surface area (Å²) in [5, 5.41) is 6.34. The second kappa shape index (κ2) is 10.9. The Balaban J connectivity index is 1.55. The number of nitrogens with zero attached hydrogens (tertiary/aromatic N) is 5. The van der Waals surface area contributed by atoms with Crippen molar-refractivity contribution in [3.8, 4) is 5.75 Å². The van der Waals surface area contributed by atoms with Crippen molar-refractivity contribution in [1.82, 2.24) is 20.2 Å². The van der Waals surface area contributed by atoms with Gasteiger partial charge in [-0.05, 0) is 51.2 Å². The van der Waals surface area contributed by atoms with Crippen molar-refractivity contribution < 1.29 is 14.3 Å². The highest BCUT2D eigenvalue weighted by Crippen LogP contribution is 2.34. The monoisotopic (exact) mass is 493 g/mol. The van der Waals surface area contributed by atoms with Crippen LogP contribution in [-0.2, 0) is 4.79 Å². The zero-order valence-corrected chi connectivity index (χ0v) is 21.5. The Labute approximate surface area is 212 Å². The van der Waals surface area contributed by atoms with E-state index in [0.717, 1.165) is 25.9 Å². The molecule has 10 nitrogen and oxygen atoms in total. The van der Waals surface area contributed by atoms with E-state index in [2.05, 4.69) is 34.1 Å². The van der Waals surface area contributed by atoms with Crippen LogP contribution in [0.15, 0.2) is 37.1 Å². The molecule has 2 aliphatic rings. The lowest BCUT2D eigenvalue weighted by Gasteiger charge is -2.29. The molecule has 0 saturated carbocycles. The summed E-state index contributed by atoms with van der Waals surface area (Å²) in [6.07, 6.45) is 5.32. The number of hydrogen-bond donors (Lipinski definition) is 2. The summed E-state index contributed by atoms with van der Waals surface area (Å²) in [6.45, 7) is 8.79. The molecule has 2 aliphatic heterocycles. The highest BCUT2D eigenvalue weighted by atomic mass is 16.5. The van der Waals surface area contributed by atoms with Gasteiger partial charge in [0.15, 0.2) is 5.82 Å². The van der Waals surface area contributed by atoms with Crippen LogP contribution in [0.25, 0.3) is 0 Å². The quantitative estimate of drug-likeness (QED) is 0.568. The number of fused-ring (bicyclic) bond motifs is 1. The third-order valence-electron chi connectivity index (χ3n) is 6.77. The minimum atomic E-state index is -0.186. The zero-order chi connectivity index (χ0) is 25.8. The molecule has 1 aromatic heterocycles. The molecule has 3 heterocycles. The van der Waals surface area contributed by atoms with Crippen LogP contribution in [0.4, 0.5) is 23.1 Å². The highest BCUT2D eigenvalue weighted by molar-refractivity contribution is 5.99. The van der Waals surface area contributed by atoms with Crippen LogP contribution >= 0.6 is 0 Å². The minimum Gasteiger partial charge on any atom is -0.495 e. The van der Waals surface area contributed by atoms with E-state index in [1.807, 2.05) is 11.8 Å². The molecule has 0 radical (unpaired) electrons. The normalized spacial score (nSPS) is 18.9. The van der Waals surface area contributed by atoms with Crippen molar-refractivity contribution in [3.63, 3.8) is 0 Å². The first kappa shape index (κ1) is 25.4. The lowest BCUT2D eigenvalue weighted by molar-refractivity contribution is -0.121. The Kier molecular flexibility index (Phi) is 7.73. The standard InChI is InChI=1S/C26H35N7O3/c1-6-11-33-16-17(2)25(35)32(4)21-15-27-26(30-23(21)33)29-20-8-7-18(14-22(20)36-5)24(34)28-19-9-12-31(3)13-10-19/h6-8,14-15,17,19H,1,9-13,16H2,2-5H3,(H,28,34)(H,27,29,30). The third-order valence-corrected chi connectivity index (χ3v) is 6.77. The van der Waals surface area contributed by atoms with Crippen molar-refractivity contribution in [2.75, 3.05) is 62.5 Å². The smallest absolute Gasteiger partial charge is 0.251 e. The largest absolute Gasteiger partial charge is 0.495 e. The average Bonchev–Trinajstić information content (AvgIpc) is 2.96. The van der Waals surface area contributed by atoms with E-state index in [-0.39, 0.29) is 23.8 Å². The van der Waals surface area contributed by atoms with Gasteiger partial charge >= 0.3 is 0 Å². The summed E-state index contributed by atoms with van der Waals surface area (Å²) in [7, 11) is 5.40. The predicted molar refractivity (Wildman–Crippen MR) is 141 cm³/mol. The number of anilines is 4. The molecule has 192 valence electrons. The molecule has 2 N–H and O–H groups in total. The lowest BCUT2D eigenvalue weighted by Crippen LogP contribution is -2.43. The number of rotatable bonds is 7. The van der Waals surface area contributed by atoms with Crippen LogP contribution in [0, 0.1) is 5.92 Å². The molecule has 1 saturated heterocycles. The molecule has 0 bridgehead atoms. The molecule has 1 unspecified atom stereocenters. The molecule has 10 heteroatoms. The Morgan fingerprint density at radius 1 is 1.28 bits per heavy atom. The zero-order valence-electron chi connectivity index (χ0n) is 21.5. The Morgan fingerprint density at radius 3 is 2.72 bits per heavy atom. The Hall–Kier alpha value is -3.66. The van der Waals surface area contributed by atoms with E-state index in [0.29, 0.717) is 47.5 Å². The summed E-state index contributed by atoms with van der Waals surface area (Å²) in [4.78, 5) is 40.6. The molecule has 2 aromatic rings. The molecule has 1 atom stereocenters. The van der Waals surface area contributed by atoms with Gasteiger partial charge in [-0.15, -0.1) is 6.58 Å². The number of amides is 2. The van der Waals surface area contributed by atoms with Crippen molar-refractivity contribution in [3.05, 3.63) is 42.6 Å². The molecule has 0 spiro atoms. The van der Waals surface area contributed by atoms with E-state index < -0.39 is 0 Å². The number of nitrogens with one attached hydrogen (secondary N) is 2. The van der Waals surface area contributed by atoms with Crippen molar-refractivity contribution in [2.45, 2.75) is 25.8 Å². The van der Waals surface area contributed by atoms with E-state index in [9.17, 15) is 9.59 Å². The maximum atomic E-state index is 12.8. The number of likely N-dealkylation sites (tertiary alicyclic amines) is 1. The fourth-order valence-electron chi connectivity index (χ4n) is 4.64. The number of piperidine rings is 1. The van der Waals surface area contributed by atoms with Crippen LogP contribution in [0.5, 0.6) is 5.75 Å². The van der Waals surface area contributed by atoms with Gasteiger partial charge in [-0.2, -0.15) is 4.98 Å². The van der Waals surface area contributed by atoms with Crippen molar-refractivity contribution >= 4 is 35.0 Å². The number of benzene rings is 1. The van der Waals surface area contributed by atoms with Crippen LogP contribution in [0.1, 0.15) is 30.1 Å². The summed E-state index contributed by atoms with van der Waals surface area (Å²) >= 11 is 0. The van der Waals surface area contributed by atoms with Crippen molar-refractivity contribution in [2.24, 2.45) is 5.92 Å². The number of methoxy groups -OCH3 is 1. The molecule has 0 aliphatic carbocycles. The van der Waals surface area contributed by atoms with E-state index in [4.69, 9.17) is 9.72 Å². The molecule has 1 aromatic carbocycles. The summed E-state index contributed by atoms with van der Waals surface area (Å²) in [5.74, 6) is 1.24. The van der Waals surface area contributed by atoms with Crippen molar-refractivity contribution in [1.29, 1.82) is 0 Å². The summed E-state index contributed by atoms with van der Waals surface area (Å²) < 4.78 is 5.57. The molecule has 2 amide bonds. The molecule has 4 rings (SSSR count). The lowest BCUT2D eigenvalue weighted by atomic mass is 10.0. The molecular formula is C26H35N7O3. The van der Waals surface area contributed by atoms with Gasteiger partial charge in [0.25, 0.3) is 5.91 Å². The maximum absolute atomic E-state index is 12.8. The number of hydrogen-bond acceptors (Lipinski definition) is 8. The van der Waals surface area contributed by atoms with Gasteiger partial charge in [0.2, 0.25) is 11.9 Å². The second-order valence-electron chi connectivity index (χ2n) is 9.49. The van der Waals surface area contributed by atoms with E-state index in [1.165, 1.54) is 0 Å². The molecule has 36 heavy (non-hydrogen) atoms. The summed E-state index contributed by atoms with van der Waals surface area (Å²) in [6, 6.07) is 5.44. The van der Waals surface area contributed by atoms with Gasteiger partial charge in [0.1, 0.15) is 11.4 Å². The van der Waals surface area contributed by atoms with Gasteiger partial charge in [-0.3, -0.25) is 9.59 Å². The number of aromatic nitrogens is 2. The van der Waals surface area contributed by atoms with Gasteiger partial charge in [0, 0.05) is 31.7 Å². The highest BCUT2D eigenvalue weighted by Gasteiger charge is 2.30. The van der Waals surface area contributed by atoms with Gasteiger partial charge in [-0.1, -0.05) is 13.0 Å². The summed E-state index contributed by atoms with van der Waals surface area (Å²) in [5.41, 5.74) is 1.81. The van der Waals surface area contributed by atoms with Gasteiger partial charge in [0.05, 0.1) is 24.9 Å². The topological polar surface area (TPSA) is 103 Å². The minimum absolute atomic E-state index is 0.0166. The van der Waals surface area contributed by atoms with Gasteiger partial charge in [-0.25, -0.2) is 4.98 Å². The van der Waals surface area contributed by atoms with Crippen LogP contribution in [0.3, 0.4) is 0 Å². The number of carbonyl (C=O) groups excluding carboxylic acids is 2. The van der Waals surface area contributed by atoms with Crippen LogP contribution in [-0.4, -0.2) is 80.1 Å². The van der Waals surface area contributed by atoms with Crippen LogP contribution in [0.2, 0.25) is 0 Å². The first-order valence-electron chi connectivity index (χ1n) is 12.3. The first-order valence-corrected chi connectivity index (χ1v) is 12.3. The molecule has 1 fully saturated rings. The fraction of sp³-hybridized carbons (Fsp3) is 0.462. The van der Waals surface area contributed by atoms with Crippen LogP contribution < -0.4 is 25.2 Å². The van der Waals surface area contributed by atoms with E-state index >= 15 is 0 Å². The number of ether oxygens (including phenoxy) is 1. The predicted octanol–water partition coefficient (Wildman–Crippen LogP) is 2.66. The average molecular weight is 494 g/mol. The molecular weight excluding hydrogens is 458 g/mol. The Morgan fingerprint density at radius 2 is 2.03 bits per heavy atom. The third kappa shape index (κ3) is 5.43. The van der Waals surface area contributed by atoms with Gasteiger partial charge < -0.3 is 30.1 Å². The number of carbonyl (C=O) groups is 2. The SMILES string of the molecule is C=CCN1CC(C)C(=O)N(C)c2cnc(Nc3ccc(C(=O)NC4CCN(C)CC4)cc3OC)nc21. The van der Waals surface area contributed by atoms with E-state index in [1.54, 1.807) is 49.5 Å². The maximum Gasteiger partial charge on any atom is 0.251 e. The first-order chi connectivity index (χ1) is 17.3. The second-order valence-corrected chi connectivity index (χ2v) is 9.49. The Bertz CT molecular complexity index is 1130. The fourth-order valence-corrected chi connectivity index (χ4v) is 4.64.